The van der Waals surface area contributed by atoms with Crippen LogP contribution in [0.4, 0.5) is 0 Å². The van der Waals surface area contributed by atoms with Crippen LogP contribution < -0.4 is 10.6 Å². The average molecular weight is 341 g/mol. The third-order valence-electron chi connectivity index (χ3n) is 2.37. The van der Waals surface area contributed by atoms with Crippen molar-refractivity contribution in [3.05, 3.63) is 0 Å². The zero-order valence-electron chi connectivity index (χ0n) is 11.2. The minimum Gasteiger partial charge on any atom is -0.357 e. The summed E-state index contributed by atoms with van der Waals surface area (Å²) in [5.41, 5.74) is 0. The van der Waals surface area contributed by atoms with Gasteiger partial charge in [0, 0.05) is 19.1 Å². The van der Waals surface area contributed by atoms with Crippen molar-refractivity contribution >= 4 is 29.9 Å². The molecule has 1 atom stereocenters. The monoisotopic (exact) mass is 341 g/mol. The Labute approximate surface area is 118 Å². The molecule has 0 rings (SSSR count). The fraction of sp³-hybridized carbons (Fsp3) is 0.917. The van der Waals surface area contributed by atoms with Gasteiger partial charge < -0.3 is 10.6 Å². The summed E-state index contributed by atoms with van der Waals surface area (Å²) in [4.78, 5) is 4.53. The molecule has 0 saturated carbocycles. The number of unbranched alkanes of at least 4 members (excludes halogenated alkanes) is 2. The van der Waals surface area contributed by atoms with Gasteiger partial charge in [0.2, 0.25) is 0 Å². The van der Waals surface area contributed by atoms with E-state index in [4.69, 9.17) is 0 Å². The van der Waals surface area contributed by atoms with Crippen molar-refractivity contribution in [2.24, 2.45) is 4.99 Å². The fourth-order valence-electron chi connectivity index (χ4n) is 1.21. The summed E-state index contributed by atoms with van der Waals surface area (Å²) in [6.45, 7) is 10.5. The second kappa shape index (κ2) is 13.1. The highest BCUT2D eigenvalue weighted by molar-refractivity contribution is 14.0. The molecule has 1 unspecified atom stereocenters. The third-order valence-corrected chi connectivity index (χ3v) is 2.37. The second-order valence-corrected chi connectivity index (χ2v) is 3.92. The lowest BCUT2D eigenvalue weighted by molar-refractivity contribution is 0.622. The largest absolute Gasteiger partial charge is 0.357 e. The van der Waals surface area contributed by atoms with E-state index in [2.05, 4.69) is 43.3 Å². The molecule has 0 aromatic carbocycles. The Bertz CT molecular complexity index is 172. The maximum atomic E-state index is 4.53. The topological polar surface area (TPSA) is 36.4 Å². The lowest BCUT2D eigenvalue weighted by Gasteiger charge is -2.16. The highest BCUT2D eigenvalue weighted by Gasteiger charge is 2.01. The van der Waals surface area contributed by atoms with Crippen molar-refractivity contribution < 1.29 is 0 Å². The van der Waals surface area contributed by atoms with Gasteiger partial charge in [-0.25, -0.2) is 0 Å². The smallest absolute Gasteiger partial charge is 0.191 e. The van der Waals surface area contributed by atoms with Crippen LogP contribution in [0.3, 0.4) is 0 Å². The van der Waals surface area contributed by atoms with Crippen LogP contribution in [-0.2, 0) is 0 Å². The summed E-state index contributed by atoms with van der Waals surface area (Å²) in [5.74, 6) is 0.961. The molecule has 0 aromatic rings. The molecule has 0 fully saturated rings. The number of halogens is 1. The molecule has 0 amide bonds. The predicted octanol–water partition coefficient (Wildman–Crippen LogP) is 3.15. The normalized spacial score (nSPS) is 12.9. The Morgan fingerprint density at radius 2 is 1.88 bits per heavy atom. The first kappa shape index (κ1) is 18.4. The summed E-state index contributed by atoms with van der Waals surface area (Å²) in [6, 6.07) is 0.494. The first-order valence-corrected chi connectivity index (χ1v) is 6.29. The van der Waals surface area contributed by atoms with Crippen LogP contribution in [0, 0.1) is 0 Å². The van der Waals surface area contributed by atoms with Crippen molar-refractivity contribution in [3.63, 3.8) is 0 Å². The summed E-state index contributed by atoms with van der Waals surface area (Å²) in [5, 5.41) is 6.65. The number of hydrogen-bond donors (Lipinski definition) is 2. The Kier molecular flexibility index (Phi) is 15.0. The predicted molar refractivity (Wildman–Crippen MR) is 83.8 cm³/mol. The number of guanidine groups is 1. The van der Waals surface area contributed by atoms with Gasteiger partial charge in [0.15, 0.2) is 5.96 Å². The molecule has 16 heavy (non-hydrogen) atoms. The maximum Gasteiger partial charge on any atom is 0.191 e. The highest BCUT2D eigenvalue weighted by atomic mass is 127. The summed E-state index contributed by atoms with van der Waals surface area (Å²) >= 11 is 0. The van der Waals surface area contributed by atoms with Gasteiger partial charge in [-0.1, -0.05) is 26.7 Å². The van der Waals surface area contributed by atoms with E-state index in [1.807, 2.05) is 0 Å². The Hall–Kier alpha value is 0. The maximum absolute atomic E-state index is 4.53. The van der Waals surface area contributed by atoms with E-state index in [1.165, 1.54) is 19.3 Å². The fourth-order valence-corrected chi connectivity index (χ4v) is 1.21. The van der Waals surface area contributed by atoms with Crippen molar-refractivity contribution in [3.8, 4) is 0 Å². The Morgan fingerprint density at radius 1 is 1.19 bits per heavy atom. The van der Waals surface area contributed by atoms with Crippen molar-refractivity contribution in [2.75, 3.05) is 13.1 Å². The Balaban J connectivity index is 0. The minimum absolute atomic E-state index is 0. The highest BCUT2D eigenvalue weighted by Crippen LogP contribution is 1.94. The molecule has 98 valence electrons. The molecule has 0 aromatic heterocycles. The van der Waals surface area contributed by atoms with Gasteiger partial charge in [-0.15, -0.1) is 24.0 Å². The molecular weight excluding hydrogens is 313 g/mol. The average Bonchev–Trinajstić information content (AvgIpc) is 2.24. The quantitative estimate of drug-likeness (QED) is 0.323. The molecule has 2 N–H and O–H groups in total. The molecule has 0 aliphatic rings. The van der Waals surface area contributed by atoms with Gasteiger partial charge in [-0.2, -0.15) is 0 Å². The van der Waals surface area contributed by atoms with E-state index < -0.39 is 0 Å². The van der Waals surface area contributed by atoms with E-state index >= 15 is 0 Å². The van der Waals surface area contributed by atoms with Crippen molar-refractivity contribution in [2.45, 2.75) is 59.4 Å². The van der Waals surface area contributed by atoms with Gasteiger partial charge >= 0.3 is 0 Å². The lowest BCUT2D eigenvalue weighted by atomic mass is 10.2. The van der Waals surface area contributed by atoms with Gasteiger partial charge in [0.1, 0.15) is 0 Å². The molecule has 0 saturated heterocycles. The first-order chi connectivity index (χ1) is 7.24. The van der Waals surface area contributed by atoms with Crippen molar-refractivity contribution in [1.82, 2.24) is 10.6 Å². The summed E-state index contributed by atoms with van der Waals surface area (Å²) in [7, 11) is 0. The van der Waals surface area contributed by atoms with E-state index in [1.54, 1.807) is 0 Å². The van der Waals surface area contributed by atoms with Gasteiger partial charge in [0.05, 0.1) is 0 Å². The zero-order chi connectivity index (χ0) is 11.5. The first-order valence-electron chi connectivity index (χ1n) is 6.29. The number of nitrogens with zero attached hydrogens (tertiary/aromatic N) is 1. The summed E-state index contributed by atoms with van der Waals surface area (Å²) in [6.07, 6.45) is 4.84. The zero-order valence-corrected chi connectivity index (χ0v) is 13.5. The number of hydrogen-bond acceptors (Lipinski definition) is 1. The third kappa shape index (κ3) is 10.5. The van der Waals surface area contributed by atoms with Crippen LogP contribution >= 0.6 is 24.0 Å². The number of nitrogens with one attached hydrogen (secondary N) is 2. The van der Waals surface area contributed by atoms with Crippen LogP contribution in [0.25, 0.3) is 0 Å². The molecule has 0 heterocycles. The second-order valence-electron chi connectivity index (χ2n) is 3.92. The van der Waals surface area contributed by atoms with Crippen LogP contribution in [0.1, 0.15) is 53.4 Å². The molecule has 0 bridgehead atoms. The lowest BCUT2D eigenvalue weighted by Crippen LogP contribution is -2.42. The SMILES string of the molecule is CCCCCN=C(NCC)NC(C)CC.I. The minimum atomic E-state index is 0. The van der Waals surface area contributed by atoms with Crippen LogP contribution in [0.5, 0.6) is 0 Å². The summed E-state index contributed by atoms with van der Waals surface area (Å²) < 4.78 is 0. The van der Waals surface area contributed by atoms with Gasteiger partial charge in [-0.05, 0) is 26.7 Å². The van der Waals surface area contributed by atoms with E-state index in [0.29, 0.717) is 6.04 Å². The molecule has 0 aliphatic carbocycles. The van der Waals surface area contributed by atoms with E-state index in [-0.39, 0.29) is 24.0 Å². The van der Waals surface area contributed by atoms with Crippen LogP contribution in [0.2, 0.25) is 0 Å². The van der Waals surface area contributed by atoms with Crippen LogP contribution in [0.15, 0.2) is 4.99 Å². The van der Waals surface area contributed by atoms with Gasteiger partial charge in [0.25, 0.3) is 0 Å². The molecule has 0 spiro atoms. The van der Waals surface area contributed by atoms with E-state index in [0.717, 1.165) is 25.5 Å². The molecule has 0 radical (unpaired) electrons. The molecular formula is C12H28IN3. The number of aliphatic imine (C=N–C) groups is 1. The van der Waals surface area contributed by atoms with Crippen LogP contribution in [-0.4, -0.2) is 25.1 Å². The Morgan fingerprint density at radius 3 is 2.38 bits per heavy atom. The van der Waals surface area contributed by atoms with Gasteiger partial charge in [-0.3, -0.25) is 4.99 Å². The molecule has 0 aliphatic heterocycles. The number of rotatable bonds is 7. The molecule has 3 nitrogen and oxygen atoms in total. The molecule has 4 heteroatoms. The van der Waals surface area contributed by atoms with Crippen molar-refractivity contribution in [1.29, 1.82) is 0 Å². The standard InChI is InChI=1S/C12H27N3.HI/c1-5-8-9-10-14-12(13-7-3)15-11(4)6-2;/h11H,5-10H2,1-4H3,(H2,13,14,15);1H. The van der Waals surface area contributed by atoms with E-state index in [9.17, 15) is 0 Å².